The largest absolute Gasteiger partial charge is 0.490 e. The molecule has 0 bridgehead atoms. The number of fused-ring (bicyclic) bond motifs is 3. The van der Waals surface area contributed by atoms with E-state index in [9.17, 15) is 4.79 Å². The molecule has 25 heavy (non-hydrogen) atoms. The van der Waals surface area contributed by atoms with Crippen molar-refractivity contribution in [2.24, 2.45) is 0 Å². The van der Waals surface area contributed by atoms with Crippen molar-refractivity contribution in [3.05, 3.63) is 75.6 Å². The molecule has 1 aliphatic heterocycles. The summed E-state index contributed by atoms with van der Waals surface area (Å²) in [6.45, 7) is 3.15. The molecule has 0 fully saturated rings. The Labute approximate surface area is 146 Å². The zero-order valence-electron chi connectivity index (χ0n) is 14.5. The lowest BCUT2D eigenvalue weighted by Gasteiger charge is -2.27. The fourth-order valence-electron chi connectivity index (χ4n) is 3.63. The average Bonchev–Trinajstić information content (AvgIpc) is 2.64. The molecular formula is C21H21NO3. The van der Waals surface area contributed by atoms with Crippen LogP contribution in [-0.4, -0.2) is 24.4 Å². The molecule has 0 amide bonds. The van der Waals surface area contributed by atoms with Gasteiger partial charge >= 0.3 is 0 Å². The van der Waals surface area contributed by atoms with Crippen LogP contribution in [0.4, 0.5) is 0 Å². The summed E-state index contributed by atoms with van der Waals surface area (Å²) in [4.78, 5) is 12.6. The van der Waals surface area contributed by atoms with Crippen molar-refractivity contribution >= 4 is 10.9 Å². The van der Waals surface area contributed by atoms with E-state index in [1.54, 1.807) is 13.2 Å². The van der Waals surface area contributed by atoms with E-state index >= 15 is 0 Å². The first kappa shape index (κ1) is 15.9. The molecule has 1 aliphatic rings. The summed E-state index contributed by atoms with van der Waals surface area (Å²) in [7, 11) is 1.71. The van der Waals surface area contributed by atoms with Crippen LogP contribution in [0.3, 0.4) is 0 Å². The van der Waals surface area contributed by atoms with Gasteiger partial charge in [0.25, 0.3) is 5.56 Å². The molecule has 4 rings (SSSR count). The van der Waals surface area contributed by atoms with Crippen molar-refractivity contribution in [2.75, 3.05) is 13.7 Å². The van der Waals surface area contributed by atoms with Crippen molar-refractivity contribution in [2.45, 2.75) is 26.0 Å². The van der Waals surface area contributed by atoms with Crippen molar-refractivity contribution < 1.29 is 9.47 Å². The predicted octanol–water partition coefficient (Wildman–Crippen LogP) is 3.31. The Bertz CT molecular complexity index is 976. The highest BCUT2D eigenvalue weighted by atomic mass is 16.5. The monoisotopic (exact) mass is 335 g/mol. The number of hydrogen-bond acceptors (Lipinski definition) is 3. The molecule has 2 heterocycles. The Morgan fingerprint density at radius 3 is 2.76 bits per heavy atom. The quantitative estimate of drug-likeness (QED) is 0.737. The molecule has 0 N–H and O–H groups in total. The van der Waals surface area contributed by atoms with Gasteiger partial charge in [-0.2, -0.15) is 0 Å². The summed E-state index contributed by atoms with van der Waals surface area (Å²) in [5, 5.41) is 1.00. The van der Waals surface area contributed by atoms with Gasteiger partial charge in [-0.15, -0.1) is 0 Å². The highest BCUT2D eigenvalue weighted by molar-refractivity contribution is 5.90. The van der Waals surface area contributed by atoms with E-state index in [0.717, 1.165) is 39.8 Å². The standard InChI is InChI=1S/C21H21NO3/c1-14-10-16-11-17(24-2)13-25-21(16)18-8-9-19(23)22(20(14)18)12-15-6-4-3-5-7-15/h3-10,17H,11-13H2,1-2H3. The highest BCUT2D eigenvalue weighted by Gasteiger charge is 2.23. The van der Waals surface area contributed by atoms with Crippen LogP contribution in [0.5, 0.6) is 5.75 Å². The summed E-state index contributed by atoms with van der Waals surface area (Å²) < 4.78 is 13.3. The second kappa shape index (κ2) is 6.37. The first-order valence-corrected chi connectivity index (χ1v) is 8.53. The third kappa shape index (κ3) is 2.83. The number of hydrogen-bond donors (Lipinski definition) is 0. The van der Waals surface area contributed by atoms with Gasteiger partial charge in [-0.25, -0.2) is 0 Å². The second-order valence-corrected chi connectivity index (χ2v) is 6.56. The lowest BCUT2D eigenvalue weighted by atomic mass is 9.97. The van der Waals surface area contributed by atoms with Gasteiger partial charge in [-0.05, 0) is 29.7 Å². The minimum absolute atomic E-state index is 0.00461. The summed E-state index contributed by atoms with van der Waals surface area (Å²) >= 11 is 0. The van der Waals surface area contributed by atoms with Crippen LogP contribution < -0.4 is 10.3 Å². The Morgan fingerprint density at radius 2 is 2.00 bits per heavy atom. The number of methoxy groups -OCH3 is 1. The van der Waals surface area contributed by atoms with E-state index < -0.39 is 0 Å². The van der Waals surface area contributed by atoms with Gasteiger partial charge in [-0.1, -0.05) is 36.4 Å². The zero-order chi connectivity index (χ0) is 17.4. The lowest BCUT2D eigenvalue weighted by Crippen LogP contribution is -2.28. The first-order valence-electron chi connectivity index (χ1n) is 8.53. The van der Waals surface area contributed by atoms with E-state index in [4.69, 9.17) is 9.47 Å². The number of ether oxygens (including phenoxy) is 2. The maximum Gasteiger partial charge on any atom is 0.251 e. The van der Waals surface area contributed by atoms with Crippen LogP contribution >= 0.6 is 0 Å². The Morgan fingerprint density at radius 1 is 1.20 bits per heavy atom. The first-order chi connectivity index (χ1) is 12.2. The van der Waals surface area contributed by atoms with E-state index in [1.165, 1.54) is 0 Å². The minimum Gasteiger partial charge on any atom is -0.490 e. The molecule has 0 spiro atoms. The number of aryl methyl sites for hydroxylation is 1. The molecule has 128 valence electrons. The smallest absolute Gasteiger partial charge is 0.251 e. The fourth-order valence-corrected chi connectivity index (χ4v) is 3.63. The van der Waals surface area contributed by atoms with Crippen LogP contribution in [0.1, 0.15) is 16.7 Å². The molecule has 0 saturated heterocycles. The average molecular weight is 335 g/mol. The Balaban J connectivity index is 1.90. The summed E-state index contributed by atoms with van der Waals surface area (Å²) in [6, 6.07) is 15.7. The third-order valence-electron chi connectivity index (χ3n) is 4.86. The van der Waals surface area contributed by atoms with Crippen molar-refractivity contribution in [3.63, 3.8) is 0 Å². The van der Waals surface area contributed by atoms with E-state index in [1.807, 2.05) is 41.0 Å². The van der Waals surface area contributed by atoms with Gasteiger partial charge in [-0.3, -0.25) is 4.79 Å². The Kier molecular flexibility index (Phi) is 4.06. The molecule has 1 aromatic heterocycles. The van der Waals surface area contributed by atoms with Crippen molar-refractivity contribution in [3.8, 4) is 5.75 Å². The van der Waals surface area contributed by atoms with Crippen molar-refractivity contribution in [1.29, 1.82) is 0 Å². The van der Waals surface area contributed by atoms with E-state index in [-0.39, 0.29) is 11.7 Å². The maximum atomic E-state index is 12.6. The summed E-state index contributed by atoms with van der Waals surface area (Å²) in [6.07, 6.45) is 0.917. The molecule has 1 atom stereocenters. The molecule has 0 aliphatic carbocycles. The third-order valence-corrected chi connectivity index (χ3v) is 4.86. The van der Waals surface area contributed by atoms with Crippen LogP contribution in [0.2, 0.25) is 0 Å². The maximum absolute atomic E-state index is 12.6. The lowest BCUT2D eigenvalue weighted by molar-refractivity contribution is 0.0475. The molecule has 4 nitrogen and oxygen atoms in total. The fraction of sp³-hybridized carbons (Fsp3) is 0.286. The van der Waals surface area contributed by atoms with Crippen LogP contribution in [0, 0.1) is 6.92 Å². The van der Waals surface area contributed by atoms with Crippen LogP contribution in [-0.2, 0) is 17.7 Å². The summed E-state index contributed by atoms with van der Waals surface area (Å²) in [5.74, 6) is 0.885. The van der Waals surface area contributed by atoms with E-state index in [0.29, 0.717) is 13.2 Å². The number of rotatable bonds is 3. The van der Waals surface area contributed by atoms with Gasteiger partial charge in [0.1, 0.15) is 12.4 Å². The van der Waals surface area contributed by atoms with Gasteiger partial charge < -0.3 is 14.0 Å². The second-order valence-electron chi connectivity index (χ2n) is 6.56. The SMILES string of the molecule is COC1COc2c(cc(C)c3c2ccc(=O)n3Cc2ccccc2)C1. The van der Waals surface area contributed by atoms with Gasteiger partial charge in [0.2, 0.25) is 0 Å². The zero-order valence-corrected chi connectivity index (χ0v) is 14.5. The van der Waals surface area contributed by atoms with Crippen LogP contribution in [0.15, 0.2) is 53.3 Å². The number of benzene rings is 2. The summed E-state index contributed by atoms with van der Waals surface area (Å²) in [5.41, 5.74) is 4.29. The molecule has 0 saturated carbocycles. The highest BCUT2D eigenvalue weighted by Crippen LogP contribution is 2.35. The van der Waals surface area contributed by atoms with E-state index in [2.05, 4.69) is 13.0 Å². The van der Waals surface area contributed by atoms with Crippen molar-refractivity contribution in [1.82, 2.24) is 4.57 Å². The molecule has 0 radical (unpaired) electrons. The topological polar surface area (TPSA) is 40.5 Å². The van der Waals surface area contributed by atoms with Gasteiger partial charge in [0, 0.05) is 25.0 Å². The predicted molar refractivity (Wildman–Crippen MR) is 98.5 cm³/mol. The van der Waals surface area contributed by atoms with Gasteiger partial charge in [0.15, 0.2) is 0 Å². The molecule has 1 unspecified atom stereocenters. The minimum atomic E-state index is 0.00461. The normalized spacial score (nSPS) is 16.5. The number of aromatic nitrogens is 1. The number of pyridine rings is 1. The molecule has 2 aromatic carbocycles. The molecular weight excluding hydrogens is 314 g/mol. The van der Waals surface area contributed by atoms with Crippen LogP contribution in [0.25, 0.3) is 10.9 Å². The number of nitrogens with zero attached hydrogens (tertiary/aromatic N) is 1. The molecule has 4 heteroatoms. The van der Waals surface area contributed by atoms with Gasteiger partial charge in [0.05, 0.1) is 18.2 Å². The molecule has 3 aromatic rings. The Hall–Kier alpha value is -2.59.